The van der Waals surface area contributed by atoms with E-state index >= 15 is 0 Å². The van der Waals surface area contributed by atoms with E-state index in [-0.39, 0.29) is 17.7 Å². The van der Waals surface area contributed by atoms with E-state index in [1.165, 1.54) is 0 Å². The van der Waals surface area contributed by atoms with E-state index in [0.717, 1.165) is 9.88 Å². The lowest BCUT2D eigenvalue weighted by molar-refractivity contribution is -0.141. The highest BCUT2D eigenvalue weighted by Gasteiger charge is 2.33. The minimum Gasteiger partial charge on any atom is -0.481 e. The molecule has 1 aromatic rings. The van der Waals surface area contributed by atoms with Gasteiger partial charge in [-0.3, -0.25) is 9.59 Å². The molecule has 5 nitrogen and oxygen atoms in total. The predicted octanol–water partition coefficient (Wildman–Crippen LogP) is 1.57. The summed E-state index contributed by atoms with van der Waals surface area (Å²) in [6.45, 7) is 2.41. The first-order valence-corrected chi connectivity index (χ1v) is 6.79. The van der Waals surface area contributed by atoms with Gasteiger partial charge in [0.05, 0.1) is 12.5 Å². The van der Waals surface area contributed by atoms with Gasteiger partial charge in [-0.25, -0.2) is 4.98 Å². The van der Waals surface area contributed by atoms with Gasteiger partial charge in [0.25, 0.3) is 0 Å². The number of carbonyl (C=O) groups excluding carboxylic acids is 1. The lowest BCUT2D eigenvalue weighted by Crippen LogP contribution is -2.29. The van der Waals surface area contributed by atoms with Crippen molar-refractivity contribution in [1.82, 2.24) is 10.3 Å². The number of rotatable bonds is 4. The number of amides is 1. The zero-order valence-corrected chi connectivity index (χ0v) is 11.0. The van der Waals surface area contributed by atoms with Crippen LogP contribution in [0.3, 0.4) is 0 Å². The molecule has 2 rings (SSSR count). The summed E-state index contributed by atoms with van der Waals surface area (Å²) in [5.41, 5.74) is 0. The van der Waals surface area contributed by atoms with Gasteiger partial charge in [-0.2, -0.15) is 0 Å². The molecule has 1 saturated carbocycles. The van der Waals surface area contributed by atoms with Crippen LogP contribution in [-0.4, -0.2) is 22.0 Å². The van der Waals surface area contributed by atoms with Crippen LogP contribution in [0.5, 0.6) is 0 Å². The molecule has 0 aliphatic heterocycles. The van der Waals surface area contributed by atoms with E-state index in [2.05, 4.69) is 10.3 Å². The molecule has 1 amide bonds. The fourth-order valence-corrected chi connectivity index (χ4v) is 2.96. The van der Waals surface area contributed by atoms with Gasteiger partial charge in [0.15, 0.2) is 0 Å². The zero-order chi connectivity index (χ0) is 13.1. The molecule has 6 heteroatoms. The number of nitrogens with one attached hydrogen (secondary N) is 1. The Hall–Kier alpha value is -1.43. The van der Waals surface area contributed by atoms with Crippen molar-refractivity contribution in [3.63, 3.8) is 0 Å². The summed E-state index contributed by atoms with van der Waals surface area (Å²) in [5, 5.41) is 12.6. The number of carbonyl (C=O) groups is 2. The van der Waals surface area contributed by atoms with Crippen molar-refractivity contribution < 1.29 is 14.7 Å². The molecule has 0 bridgehead atoms. The van der Waals surface area contributed by atoms with Crippen molar-refractivity contribution in [2.45, 2.75) is 32.7 Å². The molecular formula is C12H16N2O3S. The van der Waals surface area contributed by atoms with Crippen LogP contribution in [0, 0.1) is 18.8 Å². The first-order valence-electron chi connectivity index (χ1n) is 5.98. The van der Waals surface area contributed by atoms with Crippen LogP contribution in [0.15, 0.2) is 6.20 Å². The molecule has 2 N–H and O–H groups in total. The Morgan fingerprint density at radius 1 is 1.50 bits per heavy atom. The van der Waals surface area contributed by atoms with Crippen molar-refractivity contribution in [3.8, 4) is 0 Å². The van der Waals surface area contributed by atoms with Crippen LogP contribution in [-0.2, 0) is 16.1 Å². The molecule has 2 atom stereocenters. The maximum Gasteiger partial charge on any atom is 0.306 e. The smallest absolute Gasteiger partial charge is 0.306 e. The number of aliphatic carboxylic acids is 1. The van der Waals surface area contributed by atoms with E-state index in [0.29, 0.717) is 25.8 Å². The highest BCUT2D eigenvalue weighted by atomic mass is 32.1. The van der Waals surface area contributed by atoms with Gasteiger partial charge >= 0.3 is 5.97 Å². The van der Waals surface area contributed by atoms with Crippen LogP contribution in [0.4, 0.5) is 0 Å². The van der Waals surface area contributed by atoms with E-state index in [4.69, 9.17) is 5.11 Å². The van der Waals surface area contributed by atoms with Crippen molar-refractivity contribution in [1.29, 1.82) is 0 Å². The number of nitrogens with zero attached hydrogens (tertiary/aromatic N) is 1. The third kappa shape index (κ3) is 3.07. The lowest BCUT2D eigenvalue weighted by atomic mass is 10.0. The number of carboxylic acids is 1. The van der Waals surface area contributed by atoms with Crippen molar-refractivity contribution in [3.05, 3.63) is 16.1 Å². The number of aryl methyl sites for hydroxylation is 1. The number of aromatic nitrogens is 1. The highest BCUT2D eigenvalue weighted by Crippen LogP contribution is 2.31. The Morgan fingerprint density at radius 3 is 2.78 bits per heavy atom. The fraction of sp³-hybridized carbons (Fsp3) is 0.583. The minimum absolute atomic E-state index is 0.0494. The normalized spacial score (nSPS) is 22.9. The molecule has 0 radical (unpaired) electrons. The Kier molecular flexibility index (Phi) is 3.96. The second kappa shape index (κ2) is 5.48. The van der Waals surface area contributed by atoms with Crippen LogP contribution in [0.2, 0.25) is 0 Å². The molecule has 98 valence electrons. The Bertz CT molecular complexity index is 458. The molecular weight excluding hydrogens is 252 g/mol. The third-order valence-electron chi connectivity index (χ3n) is 3.24. The summed E-state index contributed by atoms with van der Waals surface area (Å²) >= 11 is 1.56. The first kappa shape index (κ1) is 13.0. The first-order chi connectivity index (χ1) is 8.56. The lowest BCUT2D eigenvalue weighted by Gasteiger charge is -2.09. The topological polar surface area (TPSA) is 79.3 Å². The molecule has 1 aliphatic carbocycles. The third-order valence-corrected chi connectivity index (χ3v) is 4.15. The van der Waals surface area contributed by atoms with Crippen LogP contribution in [0.1, 0.15) is 29.1 Å². The quantitative estimate of drug-likeness (QED) is 0.868. The number of hydrogen-bond donors (Lipinski definition) is 2. The summed E-state index contributed by atoms with van der Waals surface area (Å²) in [7, 11) is 0. The Labute approximate surface area is 109 Å². The minimum atomic E-state index is -0.791. The Morgan fingerprint density at radius 2 is 2.22 bits per heavy atom. The van der Waals surface area contributed by atoms with Crippen LogP contribution >= 0.6 is 11.3 Å². The maximum absolute atomic E-state index is 11.9. The zero-order valence-electron chi connectivity index (χ0n) is 10.2. The van der Waals surface area contributed by atoms with Gasteiger partial charge in [-0.15, -0.1) is 11.3 Å². The molecule has 1 aromatic heterocycles. The van der Waals surface area contributed by atoms with E-state index in [1.54, 1.807) is 17.5 Å². The molecule has 0 aromatic carbocycles. The van der Waals surface area contributed by atoms with Crippen molar-refractivity contribution in [2.75, 3.05) is 0 Å². The van der Waals surface area contributed by atoms with Gasteiger partial charge in [0.1, 0.15) is 5.01 Å². The maximum atomic E-state index is 11.9. The van der Waals surface area contributed by atoms with Gasteiger partial charge in [0.2, 0.25) is 5.91 Å². The van der Waals surface area contributed by atoms with Crippen LogP contribution in [0.25, 0.3) is 0 Å². The van der Waals surface area contributed by atoms with Gasteiger partial charge in [-0.05, 0) is 26.2 Å². The molecule has 0 spiro atoms. The molecule has 1 heterocycles. The second-order valence-electron chi connectivity index (χ2n) is 4.63. The number of thiazole rings is 1. The fourth-order valence-electron chi connectivity index (χ4n) is 2.23. The van der Waals surface area contributed by atoms with E-state index in [9.17, 15) is 9.59 Å². The van der Waals surface area contributed by atoms with E-state index < -0.39 is 5.97 Å². The summed E-state index contributed by atoms with van der Waals surface area (Å²) in [6, 6.07) is 0. The number of carboxylic acid groups (broad SMARTS) is 1. The average molecular weight is 268 g/mol. The molecule has 0 saturated heterocycles. The second-order valence-corrected chi connectivity index (χ2v) is 5.95. The monoisotopic (exact) mass is 268 g/mol. The largest absolute Gasteiger partial charge is 0.481 e. The molecule has 0 unspecified atom stereocenters. The van der Waals surface area contributed by atoms with Crippen LogP contribution < -0.4 is 5.32 Å². The highest BCUT2D eigenvalue weighted by molar-refractivity contribution is 7.11. The summed E-state index contributed by atoms with van der Waals surface area (Å²) in [4.78, 5) is 28.0. The summed E-state index contributed by atoms with van der Waals surface area (Å²) < 4.78 is 0. The standard InChI is InChI=1S/C12H16N2O3S/c1-7-5-13-10(18-7)6-14-11(15)8-2-3-9(4-8)12(16)17/h5,8-9H,2-4,6H2,1H3,(H,14,15)(H,16,17)/t8-,9+/m1/s1. The van der Waals surface area contributed by atoms with Crippen molar-refractivity contribution in [2.24, 2.45) is 11.8 Å². The molecule has 1 fully saturated rings. The molecule has 18 heavy (non-hydrogen) atoms. The Balaban J connectivity index is 1.80. The SMILES string of the molecule is Cc1cnc(CNC(=O)[C@@H]2CC[C@H](C(=O)O)C2)s1. The average Bonchev–Trinajstić information content (AvgIpc) is 2.94. The summed E-state index contributed by atoms with van der Waals surface area (Å²) in [5.74, 6) is -1.36. The van der Waals surface area contributed by atoms with Gasteiger partial charge in [0, 0.05) is 17.0 Å². The summed E-state index contributed by atoms with van der Waals surface area (Å²) in [6.07, 6.45) is 3.50. The van der Waals surface area contributed by atoms with E-state index in [1.807, 2.05) is 6.92 Å². The van der Waals surface area contributed by atoms with Crippen molar-refractivity contribution >= 4 is 23.2 Å². The molecule has 1 aliphatic rings. The van der Waals surface area contributed by atoms with Gasteiger partial charge in [-0.1, -0.05) is 0 Å². The number of hydrogen-bond acceptors (Lipinski definition) is 4. The van der Waals surface area contributed by atoms with Gasteiger partial charge < -0.3 is 10.4 Å². The predicted molar refractivity (Wildman–Crippen MR) is 67.2 cm³/mol.